The molecule has 0 atom stereocenters. The Labute approximate surface area is 78.9 Å². The van der Waals surface area contributed by atoms with E-state index in [1.54, 1.807) is 6.20 Å². The summed E-state index contributed by atoms with van der Waals surface area (Å²) >= 11 is 0. The van der Waals surface area contributed by atoms with Crippen molar-refractivity contribution in [1.82, 2.24) is 4.98 Å². The highest BCUT2D eigenvalue weighted by molar-refractivity contribution is 5.19. The van der Waals surface area contributed by atoms with Crippen LogP contribution < -0.4 is 10.5 Å². The number of rotatable bonds is 5. The fourth-order valence-electron chi connectivity index (χ4n) is 1.09. The molecule has 0 spiro atoms. The zero-order valence-electron chi connectivity index (χ0n) is 7.99. The molecule has 1 aromatic heterocycles. The van der Waals surface area contributed by atoms with E-state index >= 15 is 0 Å². The van der Waals surface area contributed by atoms with Gasteiger partial charge in [0.25, 0.3) is 0 Å². The largest absolute Gasteiger partial charge is 0.492 e. The van der Waals surface area contributed by atoms with Gasteiger partial charge in [0.2, 0.25) is 0 Å². The fourth-order valence-corrected chi connectivity index (χ4v) is 1.09. The molecule has 0 radical (unpaired) electrons. The Morgan fingerprint density at radius 3 is 2.85 bits per heavy atom. The Balaban J connectivity index is 2.48. The third-order valence-electron chi connectivity index (χ3n) is 1.75. The Hall–Kier alpha value is -1.09. The number of hydrogen-bond acceptors (Lipinski definition) is 3. The number of aryl methyl sites for hydroxylation is 1. The molecule has 0 fully saturated rings. The van der Waals surface area contributed by atoms with E-state index < -0.39 is 0 Å². The summed E-state index contributed by atoms with van der Waals surface area (Å²) in [6, 6.07) is 3.93. The number of nitrogens with two attached hydrogens (primary N) is 1. The van der Waals surface area contributed by atoms with Crippen molar-refractivity contribution in [3.63, 3.8) is 0 Å². The number of hydrogen-bond donors (Lipinski definition) is 1. The summed E-state index contributed by atoms with van der Waals surface area (Å²) in [5, 5.41) is 0. The number of pyridine rings is 1. The highest BCUT2D eigenvalue weighted by atomic mass is 16.5. The summed E-state index contributed by atoms with van der Waals surface area (Å²) in [7, 11) is 0. The van der Waals surface area contributed by atoms with Crippen LogP contribution in [-0.4, -0.2) is 18.1 Å². The molecule has 13 heavy (non-hydrogen) atoms. The molecule has 1 rings (SSSR count). The molecule has 72 valence electrons. The molecule has 0 saturated carbocycles. The minimum absolute atomic E-state index is 0.684. The molecule has 0 bridgehead atoms. The van der Waals surface area contributed by atoms with Crippen LogP contribution in [0.5, 0.6) is 5.75 Å². The Kier molecular flexibility index (Phi) is 4.26. The summed E-state index contributed by atoms with van der Waals surface area (Å²) in [4.78, 5) is 4.25. The molecule has 1 heterocycles. The van der Waals surface area contributed by atoms with Gasteiger partial charge in [-0.3, -0.25) is 4.98 Å². The van der Waals surface area contributed by atoms with E-state index in [-0.39, 0.29) is 0 Å². The van der Waals surface area contributed by atoms with Gasteiger partial charge in [0.05, 0.1) is 12.8 Å². The van der Waals surface area contributed by atoms with Crippen LogP contribution in [0.2, 0.25) is 0 Å². The topological polar surface area (TPSA) is 48.1 Å². The molecular formula is C10H16N2O. The number of ether oxygens (including phenoxy) is 1. The van der Waals surface area contributed by atoms with Crippen molar-refractivity contribution in [1.29, 1.82) is 0 Å². The average molecular weight is 180 g/mol. The van der Waals surface area contributed by atoms with Crippen molar-refractivity contribution in [3.8, 4) is 5.75 Å². The maximum atomic E-state index is 5.40. The number of nitrogens with zero attached hydrogens (tertiary/aromatic N) is 1. The van der Waals surface area contributed by atoms with Crippen LogP contribution in [0.4, 0.5) is 0 Å². The van der Waals surface area contributed by atoms with E-state index in [4.69, 9.17) is 10.5 Å². The van der Waals surface area contributed by atoms with Gasteiger partial charge in [-0.25, -0.2) is 0 Å². The fraction of sp³-hybridized carbons (Fsp3) is 0.500. The monoisotopic (exact) mass is 180 g/mol. The van der Waals surface area contributed by atoms with Gasteiger partial charge in [0.1, 0.15) is 5.75 Å². The zero-order valence-corrected chi connectivity index (χ0v) is 7.99. The summed E-state index contributed by atoms with van der Waals surface area (Å²) in [5.41, 5.74) is 6.48. The van der Waals surface area contributed by atoms with Crippen molar-refractivity contribution < 1.29 is 4.74 Å². The van der Waals surface area contributed by atoms with Crippen LogP contribution in [0.15, 0.2) is 18.3 Å². The maximum absolute atomic E-state index is 5.40. The van der Waals surface area contributed by atoms with E-state index in [1.807, 2.05) is 19.1 Å². The lowest BCUT2D eigenvalue weighted by Crippen LogP contribution is -2.01. The summed E-state index contributed by atoms with van der Waals surface area (Å²) in [6.07, 6.45) is 3.69. The molecule has 0 amide bonds. The highest BCUT2D eigenvalue weighted by Gasteiger charge is 1.95. The van der Waals surface area contributed by atoms with Crippen LogP contribution >= 0.6 is 0 Å². The molecule has 0 aliphatic carbocycles. The van der Waals surface area contributed by atoms with Crippen molar-refractivity contribution in [2.24, 2.45) is 5.73 Å². The first-order valence-corrected chi connectivity index (χ1v) is 4.64. The van der Waals surface area contributed by atoms with Crippen LogP contribution in [0.25, 0.3) is 0 Å². The smallest absolute Gasteiger partial charge is 0.137 e. The second-order valence-electron chi connectivity index (χ2n) is 2.81. The molecule has 0 unspecified atom stereocenters. The maximum Gasteiger partial charge on any atom is 0.137 e. The van der Waals surface area contributed by atoms with Crippen LogP contribution in [0.3, 0.4) is 0 Å². The first kappa shape index (κ1) is 9.99. The average Bonchev–Trinajstić information content (AvgIpc) is 2.17. The standard InChI is InChI=1S/C10H16N2O/c1-2-13-10-6-5-9(12-8-10)4-3-7-11/h5-6,8H,2-4,7,11H2,1H3. The van der Waals surface area contributed by atoms with Crippen molar-refractivity contribution in [2.45, 2.75) is 19.8 Å². The molecule has 2 N–H and O–H groups in total. The molecule has 3 heteroatoms. The summed E-state index contributed by atoms with van der Waals surface area (Å²) < 4.78 is 5.28. The van der Waals surface area contributed by atoms with Gasteiger partial charge in [0, 0.05) is 5.69 Å². The van der Waals surface area contributed by atoms with E-state index in [1.165, 1.54) is 0 Å². The van der Waals surface area contributed by atoms with Crippen molar-refractivity contribution >= 4 is 0 Å². The Morgan fingerprint density at radius 1 is 1.46 bits per heavy atom. The molecule has 3 nitrogen and oxygen atoms in total. The van der Waals surface area contributed by atoms with Gasteiger partial charge >= 0.3 is 0 Å². The zero-order chi connectivity index (χ0) is 9.52. The van der Waals surface area contributed by atoms with Gasteiger partial charge in [-0.15, -0.1) is 0 Å². The third-order valence-corrected chi connectivity index (χ3v) is 1.75. The van der Waals surface area contributed by atoms with Gasteiger partial charge < -0.3 is 10.5 Å². The Bertz CT molecular complexity index is 233. The summed E-state index contributed by atoms with van der Waals surface area (Å²) in [6.45, 7) is 3.36. The molecule has 0 aromatic carbocycles. The van der Waals surface area contributed by atoms with E-state index in [2.05, 4.69) is 4.98 Å². The van der Waals surface area contributed by atoms with Crippen LogP contribution in [0, 0.1) is 0 Å². The summed E-state index contributed by atoms with van der Waals surface area (Å²) in [5.74, 6) is 0.832. The SMILES string of the molecule is CCOc1ccc(CCCN)nc1. The minimum Gasteiger partial charge on any atom is -0.492 e. The highest BCUT2D eigenvalue weighted by Crippen LogP contribution is 2.09. The molecule has 0 saturated heterocycles. The van der Waals surface area contributed by atoms with Crippen molar-refractivity contribution in [3.05, 3.63) is 24.0 Å². The van der Waals surface area contributed by atoms with E-state index in [9.17, 15) is 0 Å². The molecular weight excluding hydrogens is 164 g/mol. The van der Waals surface area contributed by atoms with Gasteiger partial charge in [-0.1, -0.05) is 0 Å². The molecule has 1 aromatic rings. The van der Waals surface area contributed by atoms with Crippen LogP contribution in [0.1, 0.15) is 19.0 Å². The van der Waals surface area contributed by atoms with E-state index in [0.29, 0.717) is 6.61 Å². The predicted octanol–water partition coefficient (Wildman–Crippen LogP) is 1.37. The third kappa shape index (κ3) is 3.42. The molecule has 0 aliphatic heterocycles. The lowest BCUT2D eigenvalue weighted by Gasteiger charge is -2.03. The Morgan fingerprint density at radius 2 is 2.31 bits per heavy atom. The minimum atomic E-state index is 0.684. The second kappa shape index (κ2) is 5.54. The van der Waals surface area contributed by atoms with Crippen LogP contribution in [-0.2, 0) is 6.42 Å². The molecule has 0 aliphatic rings. The normalized spacial score (nSPS) is 10.0. The quantitative estimate of drug-likeness (QED) is 0.744. The predicted molar refractivity (Wildman–Crippen MR) is 52.8 cm³/mol. The lowest BCUT2D eigenvalue weighted by molar-refractivity contribution is 0.338. The first-order valence-electron chi connectivity index (χ1n) is 4.64. The number of aromatic nitrogens is 1. The second-order valence-corrected chi connectivity index (χ2v) is 2.81. The lowest BCUT2D eigenvalue weighted by atomic mass is 10.2. The van der Waals surface area contributed by atoms with Gasteiger partial charge in [0.15, 0.2) is 0 Å². The first-order chi connectivity index (χ1) is 6.36. The van der Waals surface area contributed by atoms with Crippen molar-refractivity contribution in [2.75, 3.05) is 13.2 Å². The van der Waals surface area contributed by atoms with Gasteiger partial charge in [-0.2, -0.15) is 0 Å². The van der Waals surface area contributed by atoms with E-state index in [0.717, 1.165) is 30.8 Å². The van der Waals surface area contributed by atoms with Gasteiger partial charge in [-0.05, 0) is 38.4 Å².